The zero-order valence-electron chi connectivity index (χ0n) is 7.34. The average molecular weight is 119 g/mol. The predicted molar refractivity (Wildman–Crippen MR) is 27.5 cm³/mol. The number of carbonyl (C=O) groups excluding carboxylic acids is 1. The highest BCUT2D eigenvalue weighted by Gasteiger charge is 2.14. The third-order valence-corrected chi connectivity index (χ3v) is 0.604. The number of hydrogen-bond acceptors (Lipinski definition) is 2. The fourth-order valence-corrected chi connectivity index (χ4v) is 0.185. The van der Waals surface area contributed by atoms with Crippen molar-refractivity contribution in [3.63, 3.8) is 0 Å². The Morgan fingerprint density at radius 3 is 2.38 bits per heavy atom. The fraction of sp³-hybridized carbons (Fsp3) is 0.600. The van der Waals surface area contributed by atoms with E-state index >= 15 is 0 Å². The highest BCUT2D eigenvalue weighted by molar-refractivity contribution is 6.33. The van der Waals surface area contributed by atoms with Crippen LogP contribution in [-0.4, -0.2) is 16.9 Å². The highest BCUT2D eigenvalue weighted by Crippen LogP contribution is 1.92. The number of Topliss-reactive ketones (excluding diaryl/α,β-unsaturated/α-hetero) is 1. The number of carboxylic acid groups (broad SMARTS) is 1. The van der Waals surface area contributed by atoms with Crippen LogP contribution in [-0.2, 0) is 9.59 Å². The van der Waals surface area contributed by atoms with E-state index in [1.165, 1.54) is 0 Å². The van der Waals surface area contributed by atoms with Gasteiger partial charge in [0.2, 0.25) is 5.78 Å². The Morgan fingerprint density at radius 1 is 1.75 bits per heavy atom. The lowest BCUT2D eigenvalue weighted by Crippen LogP contribution is -2.18. The molecular weight excluding hydrogens is 108 g/mol. The second kappa shape index (κ2) is 2.45. The van der Waals surface area contributed by atoms with Crippen LogP contribution >= 0.6 is 0 Å². The van der Waals surface area contributed by atoms with E-state index in [0.29, 0.717) is 0 Å². The van der Waals surface area contributed by atoms with Gasteiger partial charge in [0.1, 0.15) is 0 Å². The van der Waals surface area contributed by atoms with Crippen molar-refractivity contribution < 1.29 is 18.8 Å². The van der Waals surface area contributed by atoms with Crippen molar-refractivity contribution in [2.24, 2.45) is 5.92 Å². The van der Waals surface area contributed by atoms with E-state index < -0.39 is 24.5 Å². The summed E-state index contributed by atoms with van der Waals surface area (Å²) in [5.41, 5.74) is 0. The van der Waals surface area contributed by atoms with Crippen LogP contribution in [0.5, 0.6) is 0 Å². The summed E-state index contributed by atoms with van der Waals surface area (Å²) in [6.45, 7) is -1.45. The first-order valence-corrected chi connectivity index (χ1v) is 2.04. The standard InChI is InChI=1S/C5H8O3/c1-3(2)4(6)5(7)8/h3H,1-2H3,(H,7,8)/i1D3. The molecule has 1 unspecified atom stereocenters. The second-order valence-corrected chi connectivity index (χ2v) is 1.39. The van der Waals surface area contributed by atoms with Gasteiger partial charge in [0, 0.05) is 10.0 Å². The van der Waals surface area contributed by atoms with Crippen LogP contribution in [0.4, 0.5) is 0 Å². The van der Waals surface area contributed by atoms with Gasteiger partial charge in [0.15, 0.2) is 0 Å². The minimum Gasteiger partial charge on any atom is -0.475 e. The van der Waals surface area contributed by atoms with E-state index in [1.807, 2.05) is 0 Å². The molecule has 0 aliphatic carbocycles. The minimum absolute atomic E-state index is 1.07. The van der Waals surface area contributed by atoms with Crippen LogP contribution < -0.4 is 0 Å². The summed E-state index contributed by atoms with van der Waals surface area (Å²) in [7, 11) is 0. The molecule has 1 N–H and O–H groups in total. The summed E-state index contributed by atoms with van der Waals surface area (Å²) in [6, 6.07) is 0. The van der Waals surface area contributed by atoms with Crippen molar-refractivity contribution in [3.8, 4) is 0 Å². The Hall–Kier alpha value is -0.860. The van der Waals surface area contributed by atoms with Crippen LogP contribution in [0.3, 0.4) is 0 Å². The molecule has 0 saturated heterocycles. The Balaban J connectivity index is 4.38. The van der Waals surface area contributed by atoms with Crippen LogP contribution in [0, 0.1) is 5.92 Å². The van der Waals surface area contributed by atoms with Crippen molar-refractivity contribution in [2.75, 3.05) is 0 Å². The molecule has 0 fully saturated rings. The molecule has 0 aliphatic rings. The van der Waals surface area contributed by atoms with Crippen molar-refractivity contribution in [1.82, 2.24) is 0 Å². The first kappa shape index (κ1) is 3.22. The molecular formula is C5H8O3. The van der Waals surface area contributed by atoms with Gasteiger partial charge in [-0.25, -0.2) is 4.79 Å². The second-order valence-electron chi connectivity index (χ2n) is 1.39. The number of aliphatic carboxylic acids is 1. The summed E-state index contributed by atoms with van der Waals surface area (Å²) in [6.07, 6.45) is 0. The fourth-order valence-electron chi connectivity index (χ4n) is 0.185. The number of rotatable bonds is 2. The molecule has 0 saturated carbocycles. The monoisotopic (exact) mass is 119 g/mol. The third kappa shape index (κ3) is 1.73. The van der Waals surface area contributed by atoms with Crippen LogP contribution in [0.2, 0.25) is 0 Å². The predicted octanol–water partition coefficient (Wildman–Crippen LogP) is 0.296. The summed E-state index contributed by atoms with van der Waals surface area (Å²) in [5, 5.41) is 8.12. The van der Waals surface area contributed by atoms with Gasteiger partial charge in [-0.05, 0) is 0 Å². The van der Waals surface area contributed by atoms with Crippen LogP contribution in [0.1, 0.15) is 17.9 Å². The van der Waals surface area contributed by atoms with E-state index in [4.69, 9.17) is 9.22 Å². The van der Waals surface area contributed by atoms with Gasteiger partial charge < -0.3 is 5.11 Å². The van der Waals surface area contributed by atoms with E-state index in [2.05, 4.69) is 0 Å². The van der Waals surface area contributed by atoms with Gasteiger partial charge in [-0.2, -0.15) is 0 Å². The molecule has 0 aromatic carbocycles. The van der Waals surface area contributed by atoms with Crippen LogP contribution in [0.25, 0.3) is 0 Å². The lowest BCUT2D eigenvalue weighted by atomic mass is 10.1. The molecule has 0 aromatic rings. The number of carbonyl (C=O) groups is 2. The molecule has 0 bridgehead atoms. The topological polar surface area (TPSA) is 54.4 Å². The molecule has 0 radical (unpaired) electrons. The minimum atomic E-state index is -2.52. The third-order valence-electron chi connectivity index (χ3n) is 0.604. The van der Waals surface area contributed by atoms with E-state index in [0.717, 1.165) is 6.92 Å². The highest BCUT2D eigenvalue weighted by atomic mass is 16.4. The van der Waals surface area contributed by atoms with Gasteiger partial charge in [-0.3, -0.25) is 4.79 Å². The summed E-state index contributed by atoms with van der Waals surface area (Å²) < 4.78 is 20.1. The molecule has 0 spiro atoms. The summed E-state index contributed by atoms with van der Waals surface area (Å²) in [5.74, 6) is -4.40. The van der Waals surface area contributed by atoms with Crippen molar-refractivity contribution in [2.45, 2.75) is 13.8 Å². The number of hydrogen-bond donors (Lipinski definition) is 1. The van der Waals surface area contributed by atoms with Crippen molar-refractivity contribution in [1.29, 1.82) is 0 Å². The summed E-state index contributed by atoms with van der Waals surface area (Å²) in [4.78, 5) is 20.5. The van der Waals surface area contributed by atoms with Gasteiger partial charge >= 0.3 is 5.97 Å². The maximum absolute atomic E-state index is 10.5. The van der Waals surface area contributed by atoms with Gasteiger partial charge in [0.05, 0.1) is 0 Å². The molecule has 0 aromatic heterocycles. The quantitative estimate of drug-likeness (QED) is 0.532. The van der Waals surface area contributed by atoms with E-state index in [-0.39, 0.29) is 0 Å². The zero-order valence-corrected chi connectivity index (χ0v) is 4.34. The maximum Gasteiger partial charge on any atom is 0.372 e. The number of ketones is 1. The molecule has 0 heterocycles. The van der Waals surface area contributed by atoms with E-state index in [9.17, 15) is 9.59 Å². The Labute approximate surface area is 51.5 Å². The largest absolute Gasteiger partial charge is 0.475 e. The molecule has 46 valence electrons. The lowest BCUT2D eigenvalue weighted by Gasteiger charge is -1.93. The van der Waals surface area contributed by atoms with Crippen LogP contribution in [0.15, 0.2) is 0 Å². The van der Waals surface area contributed by atoms with Crippen molar-refractivity contribution >= 4 is 11.8 Å². The summed E-state index contributed by atoms with van der Waals surface area (Å²) >= 11 is 0. The van der Waals surface area contributed by atoms with Gasteiger partial charge in [-0.15, -0.1) is 0 Å². The molecule has 0 amide bonds. The Morgan fingerprint density at radius 2 is 2.25 bits per heavy atom. The van der Waals surface area contributed by atoms with Gasteiger partial charge in [-0.1, -0.05) is 13.8 Å². The molecule has 1 atom stereocenters. The van der Waals surface area contributed by atoms with E-state index in [1.54, 1.807) is 0 Å². The maximum atomic E-state index is 10.5. The Bertz CT molecular complexity index is 184. The number of carboxylic acids is 1. The molecule has 8 heavy (non-hydrogen) atoms. The zero-order chi connectivity index (χ0) is 9.23. The first-order valence-electron chi connectivity index (χ1n) is 3.54. The molecule has 3 nitrogen and oxygen atoms in total. The lowest BCUT2D eigenvalue weighted by molar-refractivity contribution is -0.150. The smallest absolute Gasteiger partial charge is 0.372 e. The van der Waals surface area contributed by atoms with Gasteiger partial charge in [0.25, 0.3) is 0 Å². The average Bonchev–Trinajstić information content (AvgIpc) is 1.82. The Kier molecular flexibility index (Phi) is 0.986. The SMILES string of the molecule is [2H]C([2H])([2H])C(C)C(=O)C(=O)O. The molecule has 3 heteroatoms. The molecule has 0 rings (SSSR count). The van der Waals surface area contributed by atoms with Crippen molar-refractivity contribution in [3.05, 3.63) is 0 Å². The normalized spacial score (nSPS) is 19.9. The molecule has 0 aliphatic heterocycles. The first-order chi connectivity index (χ1) is 4.76.